The lowest BCUT2D eigenvalue weighted by atomic mass is 10.1. The SMILES string of the molecule is CC(Cc1c(F)cccc1F)NC(=O)Nc1cccc(NC(=O)C(C)C)c1. The van der Waals surface area contributed by atoms with Crippen LogP contribution in [-0.2, 0) is 11.2 Å². The highest BCUT2D eigenvalue weighted by Gasteiger charge is 2.14. The molecule has 7 heteroatoms. The summed E-state index contributed by atoms with van der Waals surface area (Å²) in [6.07, 6.45) is 0.0242. The summed E-state index contributed by atoms with van der Waals surface area (Å²) in [5.41, 5.74) is 0.981. The molecule has 2 aromatic rings. The third kappa shape index (κ3) is 6.06. The highest BCUT2D eigenvalue weighted by atomic mass is 19.1. The van der Waals surface area contributed by atoms with Crippen molar-refractivity contribution in [3.05, 3.63) is 59.7 Å². The van der Waals surface area contributed by atoms with Gasteiger partial charge in [0, 0.05) is 28.9 Å². The van der Waals surface area contributed by atoms with Crippen LogP contribution in [0.3, 0.4) is 0 Å². The molecule has 0 bridgehead atoms. The molecular formula is C20H23F2N3O2. The summed E-state index contributed by atoms with van der Waals surface area (Å²) in [5, 5.41) is 8.03. The summed E-state index contributed by atoms with van der Waals surface area (Å²) in [7, 11) is 0. The summed E-state index contributed by atoms with van der Waals surface area (Å²) in [5.74, 6) is -1.57. The van der Waals surface area contributed by atoms with Gasteiger partial charge < -0.3 is 16.0 Å². The van der Waals surface area contributed by atoms with Gasteiger partial charge in [0.25, 0.3) is 0 Å². The molecular weight excluding hydrogens is 352 g/mol. The summed E-state index contributed by atoms with van der Waals surface area (Å²) in [6.45, 7) is 5.22. The van der Waals surface area contributed by atoms with Crippen LogP contribution in [0.5, 0.6) is 0 Å². The molecule has 5 nitrogen and oxygen atoms in total. The predicted molar refractivity (Wildman–Crippen MR) is 102 cm³/mol. The van der Waals surface area contributed by atoms with E-state index in [0.717, 1.165) is 0 Å². The lowest BCUT2D eigenvalue weighted by molar-refractivity contribution is -0.118. The van der Waals surface area contributed by atoms with Gasteiger partial charge in [0.1, 0.15) is 11.6 Å². The maximum atomic E-state index is 13.7. The van der Waals surface area contributed by atoms with Gasteiger partial charge in [-0.1, -0.05) is 26.0 Å². The molecule has 1 unspecified atom stereocenters. The minimum Gasteiger partial charge on any atom is -0.335 e. The number of carbonyl (C=O) groups excluding carboxylic acids is 2. The second kappa shape index (κ2) is 9.12. The lowest BCUT2D eigenvalue weighted by Crippen LogP contribution is -2.37. The average molecular weight is 375 g/mol. The molecule has 27 heavy (non-hydrogen) atoms. The highest BCUT2D eigenvalue weighted by molar-refractivity contribution is 5.94. The number of hydrogen-bond acceptors (Lipinski definition) is 2. The average Bonchev–Trinajstić information content (AvgIpc) is 2.58. The van der Waals surface area contributed by atoms with Crippen molar-refractivity contribution >= 4 is 23.3 Å². The van der Waals surface area contributed by atoms with Crippen LogP contribution in [0.4, 0.5) is 25.0 Å². The number of anilines is 2. The Bertz CT molecular complexity index is 804. The van der Waals surface area contributed by atoms with Crippen LogP contribution in [0.1, 0.15) is 26.3 Å². The van der Waals surface area contributed by atoms with E-state index in [0.29, 0.717) is 11.4 Å². The van der Waals surface area contributed by atoms with Gasteiger partial charge >= 0.3 is 6.03 Å². The van der Waals surface area contributed by atoms with Crippen molar-refractivity contribution in [3.8, 4) is 0 Å². The second-order valence-electron chi connectivity index (χ2n) is 6.63. The fourth-order valence-electron chi connectivity index (χ4n) is 2.44. The molecule has 0 saturated carbocycles. The smallest absolute Gasteiger partial charge is 0.319 e. The van der Waals surface area contributed by atoms with Gasteiger partial charge in [-0.2, -0.15) is 0 Å². The van der Waals surface area contributed by atoms with Crippen LogP contribution in [0, 0.1) is 17.6 Å². The minimum absolute atomic E-state index is 0.0242. The van der Waals surface area contributed by atoms with Gasteiger partial charge in [0.05, 0.1) is 0 Å². The Balaban J connectivity index is 1.94. The molecule has 1 atom stereocenters. The van der Waals surface area contributed by atoms with E-state index in [2.05, 4.69) is 16.0 Å². The zero-order chi connectivity index (χ0) is 20.0. The molecule has 0 aliphatic rings. The minimum atomic E-state index is -0.641. The molecule has 3 N–H and O–H groups in total. The van der Waals surface area contributed by atoms with Crippen molar-refractivity contribution in [3.63, 3.8) is 0 Å². The van der Waals surface area contributed by atoms with E-state index in [-0.39, 0.29) is 23.8 Å². The van der Waals surface area contributed by atoms with E-state index >= 15 is 0 Å². The summed E-state index contributed by atoms with van der Waals surface area (Å²) < 4.78 is 27.4. The van der Waals surface area contributed by atoms with Crippen molar-refractivity contribution in [1.29, 1.82) is 0 Å². The van der Waals surface area contributed by atoms with Crippen molar-refractivity contribution in [1.82, 2.24) is 5.32 Å². The molecule has 0 heterocycles. The first-order valence-corrected chi connectivity index (χ1v) is 8.67. The van der Waals surface area contributed by atoms with Gasteiger partial charge in [-0.05, 0) is 43.7 Å². The standard InChI is InChI=1S/C20H23F2N3O2/c1-12(2)19(26)24-14-6-4-7-15(11-14)25-20(27)23-13(3)10-16-17(21)8-5-9-18(16)22/h4-9,11-13H,10H2,1-3H3,(H,24,26)(H2,23,25,27). The van der Waals surface area contributed by atoms with Gasteiger partial charge in [-0.15, -0.1) is 0 Å². The van der Waals surface area contributed by atoms with E-state index < -0.39 is 23.7 Å². The van der Waals surface area contributed by atoms with Crippen LogP contribution >= 0.6 is 0 Å². The Morgan fingerprint density at radius 3 is 2.07 bits per heavy atom. The first kappa shape index (κ1) is 20.4. The fourth-order valence-corrected chi connectivity index (χ4v) is 2.44. The Kier molecular flexibility index (Phi) is 6.87. The molecule has 2 aromatic carbocycles. The quantitative estimate of drug-likeness (QED) is 0.704. The van der Waals surface area contributed by atoms with Crippen LogP contribution in [0.15, 0.2) is 42.5 Å². The third-order valence-corrected chi connectivity index (χ3v) is 3.86. The second-order valence-corrected chi connectivity index (χ2v) is 6.63. The molecule has 144 valence electrons. The van der Waals surface area contributed by atoms with Gasteiger partial charge in [0.15, 0.2) is 0 Å². The van der Waals surface area contributed by atoms with Crippen LogP contribution in [0.25, 0.3) is 0 Å². The topological polar surface area (TPSA) is 70.2 Å². The molecule has 0 aliphatic carbocycles. The molecule has 0 aromatic heterocycles. The van der Waals surface area contributed by atoms with Crippen molar-refractivity contribution in [2.45, 2.75) is 33.2 Å². The highest BCUT2D eigenvalue weighted by Crippen LogP contribution is 2.17. The van der Waals surface area contributed by atoms with Crippen LogP contribution < -0.4 is 16.0 Å². The summed E-state index contributed by atoms with van der Waals surface area (Å²) in [6, 6.07) is 9.38. The molecule has 0 aliphatic heterocycles. The number of carbonyl (C=O) groups is 2. The molecule has 2 rings (SSSR count). The van der Waals surface area contributed by atoms with Crippen LogP contribution in [-0.4, -0.2) is 18.0 Å². The number of halogens is 2. The van der Waals surface area contributed by atoms with Crippen LogP contribution in [0.2, 0.25) is 0 Å². The molecule has 0 saturated heterocycles. The fraction of sp³-hybridized carbons (Fsp3) is 0.300. The molecule has 0 spiro atoms. The number of rotatable bonds is 6. The van der Waals surface area contributed by atoms with E-state index in [1.54, 1.807) is 45.0 Å². The normalized spacial score (nSPS) is 11.8. The largest absolute Gasteiger partial charge is 0.335 e. The Morgan fingerprint density at radius 1 is 0.926 bits per heavy atom. The van der Waals surface area contributed by atoms with Crippen molar-refractivity contribution < 1.29 is 18.4 Å². The molecule has 0 radical (unpaired) electrons. The summed E-state index contributed by atoms with van der Waals surface area (Å²) in [4.78, 5) is 23.9. The van der Waals surface area contributed by atoms with E-state index in [1.807, 2.05) is 0 Å². The van der Waals surface area contributed by atoms with Gasteiger partial charge in [-0.25, -0.2) is 13.6 Å². The Labute approximate surface area is 157 Å². The van der Waals surface area contributed by atoms with Crippen molar-refractivity contribution in [2.75, 3.05) is 10.6 Å². The number of hydrogen-bond donors (Lipinski definition) is 3. The zero-order valence-corrected chi connectivity index (χ0v) is 15.5. The predicted octanol–water partition coefficient (Wildman–Crippen LogP) is 4.31. The maximum absolute atomic E-state index is 13.7. The molecule has 0 fully saturated rings. The third-order valence-electron chi connectivity index (χ3n) is 3.86. The number of nitrogens with one attached hydrogen (secondary N) is 3. The number of amides is 3. The zero-order valence-electron chi connectivity index (χ0n) is 15.5. The summed E-state index contributed by atoms with van der Waals surface area (Å²) >= 11 is 0. The first-order chi connectivity index (χ1) is 12.8. The number of urea groups is 1. The van der Waals surface area contributed by atoms with E-state index in [1.165, 1.54) is 18.2 Å². The lowest BCUT2D eigenvalue weighted by Gasteiger charge is -2.16. The molecule has 3 amide bonds. The monoisotopic (exact) mass is 375 g/mol. The maximum Gasteiger partial charge on any atom is 0.319 e. The van der Waals surface area contributed by atoms with Gasteiger partial charge in [0.2, 0.25) is 5.91 Å². The Morgan fingerprint density at radius 2 is 1.48 bits per heavy atom. The first-order valence-electron chi connectivity index (χ1n) is 8.67. The van der Waals surface area contributed by atoms with Gasteiger partial charge in [-0.3, -0.25) is 4.79 Å². The Hall–Kier alpha value is -2.96. The van der Waals surface area contributed by atoms with Crippen molar-refractivity contribution in [2.24, 2.45) is 5.92 Å². The number of benzene rings is 2. The van der Waals surface area contributed by atoms with E-state index in [4.69, 9.17) is 0 Å². The van der Waals surface area contributed by atoms with E-state index in [9.17, 15) is 18.4 Å².